The molecule has 1 amide bonds. The van der Waals surface area contributed by atoms with E-state index < -0.39 is 10.0 Å². The maximum Gasteiger partial charge on any atom is 0.240 e. The van der Waals surface area contributed by atoms with E-state index >= 15 is 0 Å². The van der Waals surface area contributed by atoms with Gasteiger partial charge in [-0.3, -0.25) is 9.48 Å². The third kappa shape index (κ3) is 4.29. The van der Waals surface area contributed by atoms with E-state index in [9.17, 15) is 13.2 Å². The van der Waals surface area contributed by atoms with Gasteiger partial charge in [-0.25, -0.2) is 13.6 Å². The SMILES string of the molecule is CCCn1ncc2cc(NC(=O)Cc3ccccc3Cl)cc(S(N)(=O)=O)c21. The highest BCUT2D eigenvalue weighted by Crippen LogP contribution is 2.27. The van der Waals surface area contributed by atoms with Gasteiger partial charge >= 0.3 is 0 Å². The zero-order valence-electron chi connectivity index (χ0n) is 14.6. The van der Waals surface area contributed by atoms with Crippen LogP contribution in [0.5, 0.6) is 0 Å². The fraction of sp³-hybridized carbons (Fsp3) is 0.222. The first-order chi connectivity index (χ1) is 12.8. The van der Waals surface area contributed by atoms with Gasteiger partial charge in [0.15, 0.2) is 0 Å². The van der Waals surface area contributed by atoms with Crippen molar-refractivity contribution in [2.75, 3.05) is 5.32 Å². The van der Waals surface area contributed by atoms with Crippen LogP contribution in [0.1, 0.15) is 18.9 Å². The molecule has 0 aliphatic rings. The molecule has 0 unspecified atom stereocenters. The predicted octanol–water partition coefficient (Wildman–Crippen LogP) is 2.93. The van der Waals surface area contributed by atoms with Crippen molar-refractivity contribution in [1.29, 1.82) is 0 Å². The summed E-state index contributed by atoms with van der Waals surface area (Å²) < 4.78 is 25.8. The standard InChI is InChI=1S/C18H19ClN4O3S/c1-2-7-23-18-13(11-21-23)8-14(10-16(18)27(20,25)26)22-17(24)9-12-5-3-4-6-15(12)19/h3-6,8,10-11H,2,7,9H2,1H3,(H,22,24)(H2,20,25,26). The van der Waals surface area contributed by atoms with Crippen LogP contribution in [0.4, 0.5) is 5.69 Å². The molecule has 0 aliphatic carbocycles. The Hall–Kier alpha value is -2.42. The molecule has 7 nitrogen and oxygen atoms in total. The largest absolute Gasteiger partial charge is 0.326 e. The molecular formula is C18H19ClN4O3S. The lowest BCUT2D eigenvalue weighted by Crippen LogP contribution is -2.17. The van der Waals surface area contributed by atoms with Gasteiger partial charge in [-0.15, -0.1) is 0 Å². The third-order valence-electron chi connectivity index (χ3n) is 4.03. The van der Waals surface area contributed by atoms with Gasteiger partial charge in [0.05, 0.1) is 18.1 Å². The van der Waals surface area contributed by atoms with Gasteiger partial charge in [-0.05, 0) is 30.2 Å². The number of aromatic nitrogens is 2. The molecule has 27 heavy (non-hydrogen) atoms. The fourth-order valence-electron chi connectivity index (χ4n) is 2.88. The molecule has 0 aliphatic heterocycles. The van der Waals surface area contributed by atoms with E-state index in [1.54, 1.807) is 41.2 Å². The van der Waals surface area contributed by atoms with Gasteiger partial charge in [-0.1, -0.05) is 36.7 Å². The minimum atomic E-state index is -4.00. The summed E-state index contributed by atoms with van der Waals surface area (Å²) in [5, 5.41) is 13.4. The van der Waals surface area contributed by atoms with E-state index in [2.05, 4.69) is 10.4 Å². The molecule has 2 aromatic carbocycles. The van der Waals surface area contributed by atoms with Crippen molar-refractivity contribution in [1.82, 2.24) is 9.78 Å². The number of benzene rings is 2. The van der Waals surface area contributed by atoms with E-state index in [-0.39, 0.29) is 17.2 Å². The van der Waals surface area contributed by atoms with Crippen molar-refractivity contribution in [2.24, 2.45) is 5.14 Å². The quantitative estimate of drug-likeness (QED) is 0.656. The third-order valence-corrected chi connectivity index (χ3v) is 5.33. The molecule has 0 spiro atoms. The van der Waals surface area contributed by atoms with Gasteiger partial charge < -0.3 is 5.32 Å². The molecule has 0 radical (unpaired) electrons. The van der Waals surface area contributed by atoms with E-state index in [1.165, 1.54) is 6.07 Å². The van der Waals surface area contributed by atoms with Gasteiger partial charge in [-0.2, -0.15) is 5.10 Å². The predicted molar refractivity (Wildman–Crippen MR) is 105 cm³/mol. The molecule has 0 saturated heterocycles. The van der Waals surface area contributed by atoms with Crippen LogP contribution in [0.15, 0.2) is 47.5 Å². The number of amides is 1. The highest BCUT2D eigenvalue weighted by Gasteiger charge is 2.19. The number of hydrogen-bond donors (Lipinski definition) is 2. The maximum atomic E-state index is 12.4. The lowest BCUT2D eigenvalue weighted by molar-refractivity contribution is -0.115. The molecule has 3 aromatic rings. The van der Waals surface area contributed by atoms with Crippen molar-refractivity contribution in [3.05, 3.63) is 53.2 Å². The summed E-state index contributed by atoms with van der Waals surface area (Å²) in [6.45, 7) is 2.53. The number of anilines is 1. The molecule has 0 saturated carbocycles. The molecule has 1 heterocycles. The molecule has 1 aromatic heterocycles. The second-order valence-electron chi connectivity index (χ2n) is 6.14. The minimum absolute atomic E-state index is 0.0670. The summed E-state index contributed by atoms with van der Waals surface area (Å²) in [5.41, 5.74) is 1.45. The Kier molecular flexibility index (Phi) is 5.50. The normalized spacial score (nSPS) is 11.7. The number of nitrogens with one attached hydrogen (secondary N) is 1. The number of sulfonamides is 1. The zero-order chi connectivity index (χ0) is 19.6. The average Bonchev–Trinajstić information content (AvgIpc) is 2.98. The summed E-state index contributed by atoms with van der Waals surface area (Å²) in [5.74, 6) is -0.316. The van der Waals surface area contributed by atoms with Gasteiger partial charge in [0.1, 0.15) is 4.90 Å². The van der Waals surface area contributed by atoms with E-state index in [4.69, 9.17) is 16.7 Å². The number of fused-ring (bicyclic) bond motifs is 1. The van der Waals surface area contributed by atoms with Crippen LogP contribution in [-0.2, 0) is 27.8 Å². The van der Waals surface area contributed by atoms with Crippen molar-refractivity contribution in [2.45, 2.75) is 31.2 Å². The van der Waals surface area contributed by atoms with Gasteiger partial charge in [0.2, 0.25) is 15.9 Å². The van der Waals surface area contributed by atoms with Crippen LogP contribution in [-0.4, -0.2) is 24.1 Å². The Bertz CT molecular complexity index is 1110. The topological polar surface area (TPSA) is 107 Å². The number of rotatable bonds is 6. The Labute approximate surface area is 162 Å². The first-order valence-corrected chi connectivity index (χ1v) is 10.3. The minimum Gasteiger partial charge on any atom is -0.326 e. The number of aryl methyl sites for hydroxylation is 1. The lowest BCUT2D eigenvalue weighted by Gasteiger charge is -2.10. The summed E-state index contributed by atoms with van der Waals surface area (Å²) in [7, 11) is -4.00. The summed E-state index contributed by atoms with van der Waals surface area (Å²) in [6.07, 6.45) is 2.41. The van der Waals surface area contributed by atoms with Crippen LogP contribution in [0, 0.1) is 0 Å². The molecule has 142 valence electrons. The van der Waals surface area contributed by atoms with Crippen molar-refractivity contribution < 1.29 is 13.2 Å². The Morgan fingerprint density at radius 1 is 1.30 bits per heavy atom. The smallest absolute Gasteiger partial charge is 0.240 e. The van der Waals surface area contributed by atoms with Crippen LogP contribution >= 0.6 is 11.6 Å². The molecule has 9 heteroatoms. The number of carbonyl (C=O) groups is 1. The number of carbonyl (C=O) groups excluding carboxylic acids is 1. The molecule has 3 N–H and O–H groups in total. The highest BCUT2D eigenvalue weighted by atomic mass is 35.5. The number of nitrogens with two attached hydrogens (primary N) is 1. The van der Waals surface area contributed by atoms with Crippen LogP contribution < -0.4 is 10.5 Å². The fourth-order valence-corrected chi connectivity index (χ4v) is 3.87. The molecule has 3 rings (SSSR count). The Balaban J connectivity index is 1.96. The lowest BCUT2D eigenvalue weighted by atomic mass is 10.1. The van der Waals surface area contributed by atoms with Crippen LogP contribution in [0.3, 0.4) is 0 Å². The number of nitrogens with zero attached hydrogens (tertiary/aromatic N) is 2. The first kappa shape index (κ1) is 19.3. The molecular weight excluding hydrogens is 388 g/mol. The van der Waals surface area contributed by atoms with E-state index in [0.29, 0.717) is 33.7 Å². The number of primary sulfonamides is 1. The number of hydrogen-bond acceptors (Lipinski definition) is 4. The first-order valence-electron chi connectivity index (χ1n) is 8.35. The highest BCUT2D eigenvalue weighted by molar-refractivity contribution is 7.89. The maximum absolute atomic E-state index is 12.4. The Morgan fingerprint density at radius 3 is 2.70 bits per heavy atom. The van der Waals surface area contributed by atoms with E-state index in [1.807, 2.05) is 6.92 Å². The van der Waals surface area contributed by atoms with Crippen LogP contribution in [0.2, 0.25) is 5.02 Å². The summed E-state index contributed by atoms with van der Waals surface area (Å²) in [4.78, 5) is 12.3. The Morgan fingerprint density at radius 2 is 2.04 bits per heavy atom. The van der Waals surface area contributed by atoms with Crippen molar-refractivity contribution in [3.63, 3.8) is 0 Å². The second-order valence-corrected chi connectivity index (χ2v) is 8.08. The zero-order valence-corrected chi connectivity index (χ0v) is 16.2. The van der Waals surface area contributed by atoms with Crippen molar-refractivity contribution in [3.8, 4) is 0 Å². The summed E-state index contributed by atoms with van der Waals surface area (Å²) >= 11 is 6.08. The summed E-state index contributed by atoms with van der Waals surface area (Å²) in [6, 6.07) is 10.1. The molecule has 0 bridgehead atoms. The van der Waals surface area contributed by atoms with E-state index in [0.717, 1.165) is 6.42 Å². The number of halogens is 1. The van der Waals surface area contributed by atoms with Crippen LogP contribution in [0.25, 0.3) is 10.9 Å². The molecule has 0 atom stereocenters. The van der Waals surface area contributed by atoms with Crippen molar-refractivity contribution >= 4 is 44.1 Å². The second kappa shape index (κ2) is 7.67. The monoisotopic (exact) mass is 406 g/mol. The molecule has 0 fully saturated rings. The van der Waals surface area contributed by atoms with Gasteiger partial charge in [0.25, 0.3) is 0 Å². The van der Waals surface area contributed by atoms with Gasteiger partial charge in [0, 0.05) is 22.6 Å². The average molecular weight is 407 g/mol.